The van der Waals surface area contributed by atoms with E-state index in [4.69, 9.17) is 9.40 Å². The van der Waals surface area contributed by atoms with Gasteiger partial charge >= 0.3 is 0 Å². The quantitative estimate of drug-likeness (QED) is 0.186. The normalized spacial score (nSPS) is 11.4. The Hall–Kier alpha value is -5.61. The molecule has 0 spiro atoms. The molecule has 4 nitrogen and oxygen atoms in total. The van der Waals surface area contributed by atoms with E-state index < -0.39 is 0 Å². The molecule has 0 amide bonds. The van der Waals surface area contributed by atoms with Gasteiger partial charge < -0.3 is 14.2 Å². The first-order valence-electron chi connectivity index (χ1n) is 15.3. The van der Waals surface area contributed by atoms with Gasteiger partial charge in [-0.25, -0.2) is 4.98 Å². The number of hydrogen-bond donors (Lipinski definition) is 0. The summed E-state index contributed by atoms with van der Waals surface area (Å²) >= 11 is 0. The molecular weight excluding hydrogens is 550 g/mol. The highest BCUT2D eigenvalue weighted by Crippen LogP contribution is 2.40. The monoisotopic (exact) mass is 585 g/mol. The van der Waals surface area contributed by atoms with E-state index in [0.717, 1.165) is 50.8 Å². The third kappa shape index (κ3) is 5.83. The van der Waals surface area contributed by atoms with Gasteiger partial charge in [-0.3, -0.25) is 0 Å². The van der Waals surface area contributed by atoms with Gasteiger partial charge in [0, 0.05) is 39.7 Å². The molecule has 0 aliphatic rings. The molecule has 0 aliphatic heterocycles. The van der Waals surface area contributed by atoms with Crippen molar-refractivity contribution in [2.45, 2.75) is 26.2 Å². The van der Waals surface area contributed by atoms with Crippen molar-refractivity contribution in [1.29, 1.82) is 0 Å². The SMILES string of the molecule is CC(C)(C)c1ccc(N(c2ccc(-c3nc4ccccc4o3)cc2)c2ccc(N(c3ccccc3)c3ccccc3)cc2)cc1. The van der Waals surface area contributed by atoms with Gasteiger partial charge in [-0.1, -0.05) is 81.4 Å². The first kappa shape index (κ1) is 28.2. The molecule has 0 saturated carbocycles. The standard InChI is InChI=1S/C41H35N3O/c1-41(2,3)31-20-24-35(25-21-31)44(34-22-18-30(19-23-34)40-42-38-16-10-11-17-39(38)45-40)37-28-26-36(27-29-37)43(32-12-6-4-7-13-32)33-14-8-5-9-15-33/h4-29H,1-3H3. The summed E-state index contributed by atoms with van der Waals surface area (Å²) in [5.74, 6) is 0.620. The number of benzene rings is 6. The van der Waals surface area contributed by atoms with Crippen LogP contribution in [0.1, 0.15) is 26.3 Å². The molecule has 0 aliphatic carbocycles. The van der Waals surface area contributed by atoms with Crippen LogP contribution in [0.2, 0.25) is 0 Å². The molecule has 7 aromatic rings. The lowest BCUT2D eigenvalue weighted by Crippen LogP contribution is -2.13. The zero-order chi connectivity index (χ0) is 30.8. The second-order valence-electron chi connectivity index (χ2n) is 12.2. The molecule has 0 atom stereocenters. The lowest BCUT2D eigenvalue weighted by molar-refractivity contribution is 0.590. The zero-order valence-corrected chi connectivity index (χ0v) is 25.8. The van der Waals surface area contributed by atoms with Crippen LogP contribution in [0.3, 0.4) is 0 Å². The van der Waals surface area contributed by atoms with Crippen LogP contribution < -0.4 is 9.80 Å². The van der Waals surface area contributed by atoms with E-state index in [1.54, 1.807) is 0 Å². The topological polar surface area (TPSA) is 32.5 Å². The van der Waals surface area contributed by atoms with E-state index in [2.05, 4.69) is 152 Å². The molecule has 7 rings (SSSR count). The fraction of sp³-hybridized carbons (Fsp3) is 0.0976. The highest BCUT2D eigenvalue weighted by atomic mass is 16.3. The minimum absolute atomic E-state index is 0.0740. The van der Waals surface area contributed by atoms with Gasteiger partial charge in [0.25, 0.3) is 0 Å². The number of rotatable bonds is 7. The van der Waals surface area contributed by atoms with Gasteiger partial charge in [-0.15, -0.1) is 0 Å². The maximum absolute atomic E-state index is 6.05. The van der Waals surface area contributed by atoms with E-state index in [1.165, 1.54) is 5.56 Å². The van der Waals surface area contributed by atoms with Gasteiger partial charge in [-0.05, 0) is 108 Å². The molecule has 45 heavy (non-hydrogen) atoms. The highest BCUT2D eigenvalue weighted by molar-refractivity contribution is 5.82. The first-order valence-corrected chi connectivity index (χ1v) is 15.3. The molecule has 0 unspecified atom stereocenters. The Kier molecular flexibility index (Phi) is 7.40. The van der Waals surface area contributed by atoms with Crippen LogP contribution in [0.4, 0.5) is 34.1 Å². The van der Waals surface area contributed by atoms with Gasteiger partial charge in [0.2, 0.25) is 5.89 Å². The smallest absolute Gasteiger partial charge is 0.227 e. The van der Waals surface area contributed by atoms with Crippen LogP contribution in [-0.2, 0) is 5.41 Å². The van der Waals surface area contributed by atoms with Gasteiger partial charge in [0.05, 0.1) is 0 Å². The average Bonchev–Trinajstić information content (AvgIpc) is 3.52. The van der Waals surface area contributed by atoms with Crippen LogP contribution in [0.5, 0.6) is 0 Å². The molecule has 220 valence electrons. The summed E-state index contributed by atoms with van der Waals surface area (Å²) < 4.78 is 6.05. The van der Waals surface area contributed by atoms with E-state index >= 15 is 0 Å². The third-order valence-corrected chi connectivity index (χ3v) is 8.05. The Morgan fingerprint density at radius 1 is 0.444 bits per heavy atom. The van der Waals surface area contributed by atoms with Crippen LogP contribution in [0.15, 0.2) is 162 Å². The van der Waals surface area contributed by atoms with E-state index in [9.17, 15) is 0 Å². The Labute approximate surface area is 264 Å². The van der Waals surface area contributed by atoms with Crippen molar-refractivity contribution in [2.24, 2.45) is 0 Å². The van der Waals surface area contributed by atoms with Crippen molar-refractivity contribution in [3.63, 3.8) is 0 Å². The highest BCUT2D eigenvalue weighted by Gasteiger charge is 2.18. The summed E-state index contributed by atoms with van der Waals surface area (Å²) in [6.07, 6.45) is 0. The summed E-state index contributed by atoms with van der Waals surface area (Å²) in [4.78, 5) is 9.27. The molecule has 0 bridgehead atoms. The Balaban J connectivity index is 1.28. The average molecular weight is 586 g/mol. The fourth-order valence-electron chi connectivity index (χ4n) is 5.66. The van der Waals surface area contributed by atoms with E-state index in [1.807, 2.05) is 36.4 Å². The molecule has 1 aromatic heterocycles. The van der Waals surface area contributed by atoms with Gasteiger partial charge in [0.1, 0.15) is 5.52 Å². The lowest BCUT2D eigenvalue weighted by Gasteiger charge is -2.29. The van der Waals surface area contributed by atoms with Gasteiger partial charge in [-0.2, -0.15) is 0 Å². The van der Waals surface area contributed by atoms with Crippen molar-refractivity contribution in [3.8, 4) is 11.5 Å². The first-order chi connectivity index (χ1) is 21.9. The molecule has 6 aromatic carbocycles. The predicted octanol–water partition coefficient (Wildman–Crippen LogP) is 11.7. The maximum Gasteiger partial charge on any atom is 0.227 e. The van der Waals surface area contributed by atoms with Crippen molar-refractivity contribution < 1.29 is 4.42 Å². The van der Waals surface area contributed by atoms with Crippen molar-refractivity contribution >= 4 is 45.2 Å². The molecule has 1 heterocycles. The maximum atomic E-state index is 6.05. The fourth-order valence-corrected chi connectivity index (χ4v) is 5.66. The number of nitrogens with zero attached hydrogens (tertiary/aromatic N) is 3. The number of oxazole rings is 1. The second kappa shape index (κ2) is 11.8. The van der Waals surface area contributed by atoms with Crippen LogP contribution in [-0.4, -0.2) is 4.98 Å². The summed E-state index contributed by atoms with van der Waals surface area (Å²) in [6, 6.07) is 54.9. The minimum Gasteiger partial charge on any atom is -0.436 e. The van der Waals surface area contributed by atoms with Gasteiger partial charge in [0.15, 0.2) is 5.58 Å². The number of hydrogen-bond acceptors (Lipinski definition) is 4. The summed E-state index contributed by atoms with van der Waals surface area (Å²) in [7, 11) is 0. The number of aromatic nitrogens is 1. The number of para-hydroxylation sites is 4. The molecule has 0 radical (unpaired) electrons. The largest absolute Gasteiger partial charge is 0.436 e. The third-order valence-electron chi connectivity index (χ3n) is 8.05. The zero-order valence-electron chi connectivity index (χ0n) is 25.8. The Morgan fingerprint density at radius 2 is 0.844 bits per heavy atom. The molecule has 0 fully saturated rings. The van der Waals surface area contributed by atoms with Crippen molar-refractivity contribution in [2.75, 3.05) is 9.80 Å². The number of fused-ring (bicyclic) bond motifs is 1. The minimum atomic E-state index is 0.0740. The molecule has 4 heteroatoms. The lowest BCUT2D eigenvalue weighted by atomic mass is 9.87. The van der Waals surface area contributed by atoms with Crippen LogP contribution in [0, 0.1) is 0 Å². The van der Waals surface area contributed by atoms with Crippen LogP contribution >= 0.6 is 0 Å². The molecule has 0 saturated heterocycles. The van der Waals surface area contributed by atoms with E-state index in [-0.39, 0.29) is 5.41 Å². The van der Waals surface area contributed by atoms with Crippen LogP contribution in [0.25, 0.3) is 22.6 Å². The van der Waals surface area contributed by atoms with Crippen molar-refractivity contribution in [3.05, 3.63) is 163 Å². The summed E-state index contributed by atoms with van der Waals surface area (Å²) in [6.45, 7) is 6.73. The Morgan fingerprint density at radius 3 is 1.31 bits per heavy atom. The molecular formula is C41H35N3O. The van der Waals surface area contributed by atoms with E-state index in [0.29, 0.717) is 5.89 Å². The molecule has 0 N–H and O–H groups in total. The summed E-state index contributed by atoms with van der Waals surface area (Å²) in [5.41, 5.74) is 10.5. The predicted molar refractivity (Wildman–Crippen MR) is 188 cm³/mol. The second-order valence-corrected chi connectivity index (χ2v) is 12.2. The van der Waals surface area contributed by atoms with Crippen molar-refractivity contribution in [1.82, 2.24) is 4.98 Å². The Bertz CT molecular complexity index is 1930. The number of anilines is 6. The summed E-state index contributed by atoms with van der Waals surface area (Å²) in [5, 5.41) is 0.